The molecule has 136 valence electrons. The fraction of sp³-hybridized carbons (Fsp3) is 1.00. The third-order valence-electron chi connectivity index (χ3n) is 7.12. The molecule has 6 heteroatoms. The van der Waals surface area contributed by atoms with Gasteiger partial charge < -0.3 is 18.6 Å². The lowest BCUT2D eigenvalue weighted by molar-refractivity contribution is 0.00578. The van der Waals surface area contributed by atoms with E-state index in [1.54, 1.807) is 0 Å². The summed E-state index contributed by atoms with van der Waals surface area (Å²) in [7, 11) is -0.335. The maximum Gasteiger partial charge on any atom is 0.460 e. The molecule has 3 rings (SSSR count). The molecule has 2 aliphatic heterocycles. The molecule has 2 heterocycles. The highest BCUT2D eigenvalue weighted by Crippen LogP contribution is 2.52. The van der Waals surface area contributed by atoms with Gasteiger partial charge in [0.1, 0.15) is 0 Å². The minimum absolute atomic E-state index is 0.167. The van der Waals surface area contributed by atoms with Gasteiger partial charge in [-0.25, -0.2) is 0 Å². The van der Waals surface area contributed by atoms with Gasteiger partial charge in [0.15, 0.2) is 0 Å². The maximum atomic E-state index is 6.36. The van der Waals surface area contributed by atoms with E-state index < -0.39 is 0 Å². The van der Waals surface area contributed by atoms with Crippen molar-refractivity contribution in [2.45, 2.75) is 115 Å². The molecule has 1 aliphatic carbocycles. The summed E-state index contributed by atoms with van der Waals surface area (Å²) in [6.45, 7) is 17.0. The number of hydrogen-bond acceptors (Lipinski definition) is 4. The van der Waals surface area contributed by atoms with Crippen LogP contribution in [-0.2, 0) is 18.6 Å². The first-order valence-electron chi connectivity index (χ1n) is 9.58. The van der Waals surface area contributed by atoms with Crippen LogP contribution in [0.15, 0.2) is 0 Å². The summed E-state index contributed by atoms with van der Waals surface area (Å²) in [5, 5.41) is 0. The molecule has 0 spiro atoms. The van der Waals surface area contributed by atoms with Crippen molar-refractivity contribution in [3.63, 3.8) is 0 Å². The van der Waals surface area contributed by atoms with Gasteiger partial charge in [0, 0.05) is 0 Å². The molecular weight excluding hydrogens is 302 g/mol. The SMILES string of the molecule is CC1(C)OB([C@@H]2CCCC[C@H]2B2OC(C)(C)C(C)(C)O2)OC1(C)C. The summed E-state index contributed by atoms with van der Waals surface area (Å²) < 4.78 is 25.5. The zero-order chi connectivity index (χ0) is 18.0. The van der Waals surface area contributed by atoms with E-state index in [1.165, 1.54) is 12.8 Å². The summed E-state index contributed by atoms with van der Waals surface area (Å²) in [5.41, 5.74) is -1.13. The first-order chi connectivity index (χ1) is 10.9. The predicted octanol–water partition coefficient (Wildman–Crippen LogP) is 4.49. The second-order valence-corrected chi connectivity index (χ2v) is 9.86. The first kappa shape index (κ1) is 18.8. The fourth-order valence-electron chi connectivity index (χ4n) is 3.99. The van der Waals surface area contributed by atoms with Gasteiger partial charge >= 0.3 is 14.2 Å². The number of rotatable bonds is 2. The largest absolute Gasteiger partial charge is 0.460 e. The lowest BCUT2D eigenvalue weighted by Crippen LogP contribution is -2.41. The van der Waals surface area contributed by atoms with Gasteiger partial charge in [0.25, 0.3) is 0 Å². The van der Waals surface area contributed by atoms with Crippen molar-refractivity contribution in [2.75, 3.05) is 0 Å². The van der Waals surface area contributed by atoms with Crippen molar-refractivity contribution < 1.29 is 18.6 Å². The van der Waals surface area contributed by atoms with Crippen LogP contribution in [0, 0.1) is 0 Å². The molecule has 0 N–H and O–H groups in total. The second kappa shape index (κ2) is 5.73. The van der Waals surface area contributed by atoms with E-state index in [0.29, 0.717) is 11.6 Å². The Balaban J connectivity index is 1.79. The molecule has 1 saturated carbocycles. The Hall–Kier alpha value is -0.0301. The topological polar surface area (TPSA) is 36.9 Å². The van der Waals surface area contributed by atoms with Gasteiger partial charge in [-0.1, -0.05) is 25.7 Å². The van der Waals surface area contributed by atoms with Gasteiger partial charge in [0.05, 0.1) is 22.4 Å². The molecule has 0 aromatic rings. The normalized spacial score (nSPS) is 37.0. The van der Waals surface area contributed by atoms with E-state index in [4.69, 9.17) is 18.6 Å². The molecule has 24 heavy (non-hydrogen) atoms. The van der Waals surface area contributed by atoms with E-state index in [2.05, 4.69) is 55.4 Å². The van der Waals surface area contributed by atoms with Crippen molar-refractivity contribution in [2.24, 2.45) is 0 Å². The van der Waals surface area contributed by atoms with E-state index in [9.17, 15) is 0 Å². The minimum Gasteiger partial charge on any atom is -0.403 e. The van der Waals surface area contributed by atoms with Gasteiger partial charge in [0.2, 0.25) is 0 Å². The van der Waals surface area contributed by atoms with Crippen LogP contribution in [0.4, 0.5) is 0 Å². The van der Waals surface area contributed by atoms with Crippen LogP contribution in [-0.4, -0.2) is 36.6 Å². The van der Waals surface area contributed by atoms with E-state index in [0.717, 1.165) is 12.8 Å². The Morgan fingerprint density at radius 1 is 0.542 bits per heavy atom. The van der Waals surface area contributed by atoms with E-state index >= 15 is 0 Å². The molecule has 2 atom stereocenters. The van der Waals surface area contributed by atoms with Crippen molar-refractivity contribution >= 4 is 14.2 Å². The molecule has 0 bridgehead atoms. The average molecular weight is 336 g/mol. The Labute approximate surface area is 148 Å². The Bertz CT molecular complexity index is 413. The fourth-order valence-corrected chi connectivity index (χ4v) is 3.99. The zero-order valence-electron chi connectivity index (χ0n) is 16.8. The van der Waals surface area contributed by atoms with Crippen LogP contribution >= 0.6 is 0 Å². The van der Waals surface area contributed by atoms with Crippen molar-refractivity contribution in [1.82, 2.24) is 0 Å². The molecule has 3 fully saturated rings. The zero-order valence-corrected chi connectivity index (χ0v) is 16.8. The van der Waals surface area contributed by atoms with Crippen LogP contribution < -0.4 is 0 Å². The molecule has 0 amide bonds. The molecule has 0 aromatic carbocycles. The summed E-state index contributed by atoms with van der Waals surface area (Å²) >= 11 is 0. The second-order valence-electron chi connectivity index (χ2n) is 9.86. The van der Waals surface area contributed by atoms with Crippen molar-refractivity contribution in [1.29, 1.82) is 0 Å². The molecule has 0 radical (unpaired) electrons. The van der Waals surface area contributed by atoms with Gasteiger partial charge in [-0.05, 0) is 67.0 Å². The van der Waals surface area contributed by atoms with Crippen LogP contribution in [0.2, 0.25) is 11.6 Å². The van der Waals surface area contributed by atoms with Gasteiger partial charge in [-0.2, -0.15) is 0 Å². The van der Waals surface area contributed by atoms with Gasteiger partial charge in [-0.3, -0.25) is 0 Å². The Morgan fingerprint density at radius 3 is 1.04 bits per heavy atom. The number of hydrogen-bond donors (Lipinski definition) is 0. The van der Waals surface area contributed by atoms with Crippen LogP contribution in [0.5, 0.6) is 0 Å². The summed E-state index contributed by atoms with van der Waals surface area (Å²) in [6.07, 6.45) is 4.69. The molecule has 3 aliphatic rings. The van der Waals surface area contributed by atoms with Crippen LogP contribution in [0.1, 0.15) is 81.1 Å². The molecule has 0 aromatic heterocycles. The third kappa shape index (κ3) is 2.98. The molecule has 2 saturated heterocycles. The monoisotopic (exact) mass is 336 g/mol. The predicted molar refractivity (Wildman–Crippen MR) is 98.1 cm³/mol. The van der Waals surface area contributed by atoms with E-state index in [1.807, 2.05) is 0 Å². The third-order valence-corrected chi connectivity index (χ3v) is 7.12. The van der Waals surface area contributed by atoms with E-state index in [-0.39, 0.29) is 36.6 Å². The van der Waals surface area contributed by atoms with Crippen LogP contribution in [0.3, 0.4) is 0 Å². The molecular formula is C18H34B2O4. The summed E-state index contributed by atoms with van der Waals surface area (Å²) in [4.78, 5) is 0. The molecule has 0 unspecified atom stereocenters. The highest BCUT2D eigenvalue weighted by atomic mass is 16.7. The summed E-state index contributed by atoms with van der Waals surface area (Å²) in [6, 6.07) is 0. The minimum atomic E-state index is -0.282. The van der Waals surface area contributed by atoms with Crippen LogP contribution in [0.25, 0.3) is 0 Å². The first-order valence-corrected chi connectivity index (χ1v) is 9.58. The lowest BCUT2D eigenvalue weighted by Gasteiger charge is -2.34. The molecule has 4 nitrogen and oxygen atoms in total. The quantitative estimate of drug-likeness (QED) is 0.697. The van der Waals surface area contributed by atoms with Crippen molar-refractivity contribution in [3.05, 3.63) is 0 Å². The average Bonchev–Trinajstić information content (AvgIpc) is 2.79. The highest BCUT2D eigenvalue weighted by Gasteiger charge is 2.60. The highest BCUT2D eigenvalue weighted by molar-refractivity contribution is 6.55. The smallest absolute Gasteiger partial charge is 0.403 e. The Kier molecular flexibility index (Phi) is 4.48. The standard InChI is InChI=1S/C18H34B2O4/c1-15(2)16(3,4)22-19(21-15)13-11-9-10-12-14(13)20-23-17(5,6)18(7,8)24-20/h13-14H,9-12H2,1-8H3/t13-,14-/m1/s1. The van der Waals surface area contributed by atoms with Gasteiger partial charge in [-0.15, -0.1) is 0 Å². The Morgan fingerprint density at radius 2 is 0.792 bits per heavy atom. The maximum absolute atomic E-state index is 6.36. The lowest BCUT2D eigenvalue weighted by atomic mass is 9.48. The summed E-state index contributed by atoms with van der Waals surface area (Å²) in [5.74, 6) is 0.656. The van der Waals surface area contributed by atoms with Crippen molar-refractivity contribution in [3.8, 4) is 0 Å².